The van der Waals surface area contributed by atoms with Gasteiger partial charge < -0.3 is 9.84 Å². The fraction of sp³-hybridized carbons (Fsp3) is 0.241. The fourth-order valence-electron chi connectivity index (χ4n) is 5.08. The van der Waals surface area contributed by atoms with Gasteiger partial charge in [-0.05, 0) is 73.1 Å². The summed E-state index contributed by atoms with van der Waals surface area (Å²) in [5.74, 6) is -0.907. The van der Waals surface area contributed by atoms with E-state index in [9.17, 15) is 14.7 Å². The molecule has 1 unspecified atom stereocenters. The summed E-state index contributed by atoms with van der Waals surface area (Å²) < 4.78 is 5.35. The number of ketones is 1. The molecule has 1 saturated heterocycles. The van der Waals surface area contributed by atoms with Crippen molar-refractivity contribution in [3.63, 3.8) is 0 Å². The van der Waals surface area contributed by atoms with Crippen molar-refractivity contribution in [1.29, 1.82) is 0 Å². The highest BCUT2D eigenvalue weighted by Gasteiger charge is 2.47. The molecule has 0 spiro atoms. The number of amides is 1. The van der Waals surface area contributed by atoms with Crippen LogP contribution in [-0.4, -0.2) is 23.9 Å². The fourth-order valence-corrected chi connectivity index (χ4v) is 5.08. The van der Waals surface area contributed by atoms with Crippen LogP contribution in [-0.2, 0) is 22.4 Å². The third-order valence-electron chi connectivity index (χ3n) is 6.88. The van der Waals surface area contributed by atoms with E-state index in [1.54, 1.807) is 31.4 Å². The minimum Gasteiger partial charge on any atom is -0.507 e. The number of Topliss-reactive ketones (excluding diaryl/α,β-unsaturated/α-hetero) is 1. The van der Waals surface area contributed by atoms with E-state index in [1.807, 2.05) is 49.4 Å². The largest absolute Gasteiger partial charge is 0.507 e. The number of hydrogen-bond acceptors (Lipinski definition) is 4. The van der Waals surface area contributed by atoms with Crippen LogP contribution in [0.1, 0.15) is 46.7 Å². The van der Waals surface area contributed by atoms with E-state index < -0.39 is 17.7 Å². The molecule has 1 heterocycles. The van der Waals surface area contributed by atoms with Crippen molar-refractivity contribution < 1.29 is 19.4 Å². The molecule has 1 atom stereocenters. The van der Waals surface area contributed by atoms with E-state index in [4.69, 9.17) is 4.74 Å². The van der Waals surface area contributed by atoms with Crippen LogP contribution in [0.2, 0.25) is 0 Å². The Kier molecular flexibility index (Phi) is 5.70. The van der Waals surface area contributed by atoms with Gasteiger partial charge in [0.15, 0.2) is 0 Å². The first kappa shape index (κ1) is 22.0. The Bertz CT molecular complexity index is 1320. The van der Waals surface area contributed by atoms with Crippen LogP contribution >= 0.6 is 0 Å². The maximum Gasteiger partial charge on any atom is 0.300 e. The Balaban J connectivity index is 1.71. The van der Waals surface area contributed by atoms with Gasteiger partial charge in [0.05, 0.1) is 18.7 Å². The van der Waals surface area contributed by atoms with Crippen molar-refractivity contribution in [3.05, 3.63) is 100 Å². The molecule has 1 fully saturated rings. The van der Waals surface area contributed by atoms with Crippen molar-refractivity contribution in [2.45, 2.75) is 38.6 Å². The molecule has 5 nitrogen and oxygen atoms in total. The molecule has 1 N–H and O–H groups in total. The molecule has 34 heavy (non-hydrogen) atoms. The van der Waals surface area contributed by atoms with Crippen molar-refractivity contribution in [2.75, 3.05) is 12.0 Å². The molecule has 0 radical (unpaired) electrons. The zero-order chi connectivity index (χ0) is 23.8. The molecule has 1 aliphatic heterocycles. The monoisotopic (exact) mass is 453 g/mol. The van der Waals surface area contributed by atoms with Crippen LogP contribution in [0, 0.1) is 6.92 Å². The maximum absolute atomic E-state index is 13.4. The molecule has 0 aromatic heterocycles. The molecule has 3 aromatic rings. The third-order valence-corrected chi connectivity index (χ3v) is 6.88. The van der Waals surface area contributed by atoms with Crippen LogP contribution in [0.15, 0.2) is 72.3 Å². The summed E-state index contributed by atoms with van der Waals surface area (Å²) in [6.07, 6.45) is 4.26. The number of aryl methyl sites for hydroxylation is 3. The Labute approximate surface area is 199 Å². The molecule has 1 aliphatic carbocycles. The number of fused-ring (bicyclic) bond motifs is 1. The number of rotatable bonds is 4. The highest BCUT2D eigenvalue weighted by atomic mass is 16.5. The number of anilines is 1. The van der Waals surface area contributed by atoms with Gasteiger partial charge in [0.25, 0.3) is 11.7 Å². The minimum atomic E-state index is -0.746. The molecule has 2 aliphatic rings. The lowest BCUT2D eigenvalue weighted by Crippen LogP contribution is -2.29. The second-order valence-electron chi connectivity index (χ2n) is 8.92. The number of aliphatic hydroxyl groups is 1. The summed E-state index contributed by atoms with van der Waals surface area (Å²) in [5, 5.41) is 11.5. The Morgan fingerprint density at radius 2 is 1.71 bits per heavy atom. The van der Waals surface area contributed by atoms with E-state index >= 15 is 0 Å². The average Bonchev–Trinajstić information content (AvgIpc) is 3.13. The lowest BCUT2D eigenvalue weighted by atomic mass is 9.88. The predicted octanol–water partition coefficient (Wildman–Crippen LogP) is 5.51. The van der Waals surface area contributed by atoms with Gasteiger partial charge in [-0.3, -0.25) is 14.5 Å². The number of aliphatic hydroxyl groups excluding tert-OH is 1. The van der Waals surface area contributed by atoms with Crippen molar-refractivity contribution >= 4 is 23.1 Å². The van der Waals surface area contributed by atoms with Gasteiger partial charge >= 0.3 is 0 Å². The molecule has 3 aromatic carbocycles. The van der Waals surface area contributed by atoms with Crippen LogP contribution in [0.4, 0.5) is 5.69 Å². The number of carbonyl (C=O) groups is 2. The second-order valence-corrected chi connectivity index (χ2v) is 8.92. The Hall–Kier alpha value is -3.86. The first-order valence-electron chi connectivity index (χ1n) is 11.6. The lowest BCUT2D eigenvalue weighted by molar-refractivity contribution is -0.132. The molecule has 5 heteroatoms. The molecule has 1 amide bonds. The lowest BCUT2D eigenvalue weighted by Gasteiger charge is -2.27. The smallest absolute Gasteiger partial charge is 0.300 e. The van der Waals surface area contributed by atoms with E-state index in [0.717, 1.165) is 36.8 Å². The summed E-state index contributed by atoms with van der Waals surface area (Å²) in [7, 11) is 1.56. The summed E-state index contributed by atoms with van der Waals surface area (Å²) in [6.45, 7) is 1.94. The third kappa shape index (κ3) is 3.67. The van der Waals surface area contributed by atoms with Crippen LogP contribution in [0.5, 0.6) is 5.75 Å². The summed E-state index contributed by atoms with van der Waals surface area (Å²) in [6, 6.07) is 19.8. The first-order chi connectivity index (χ1) is 16.5. The summed E-state index contributed by atoms with van der Waals surface area (Å²) >= 11 is 0. The minimum absolute atomic E-state index is 0.109. The second kappa shape index (κ2) is 8.82. The average molecular weight is 454 g/mol. The van der Waals surface area contributed by atoms with Crippen molar-refractivity contribution in [3.8, 4) is 5.75 Å². The summed E-state index contributed by atoms with van der Waals surface area (Å²) in [4.78, 5) is 28.2. The van der Waals surface area contributed by atoms with Crippen LogP contribution in [0.25, 0.3) is 5.76 Å². The molecular weight excluding hydrogens is 426 g/mol. The van der Waals surface area contributed by atoms with Gasteiger partial charge in [0.2, 0.25) is 0 Å². The van der Waals surface area contributed by atoms with Gasteiger partial charge in [-0.25, -0.2) is 0 Å². The van der Waals surface area contributed by atoms with Gasteiger partial charge in [-0.15, -0.1) is 0 Å². The number of carbonyl (C=O) groups excluding carboxylic acids is 2. The quantitative estimate of drug-likeness (QED) is 0.321. The zero-order valence-corrected chi connectivity index (χ0v) is 19.4. The number of ether oxygens (including phenoxy) is 1. The van der Waals surface area contributed by atoms with E-state index in [0.29, 0.717) is 17.0 Å². The number of benzene rings is 3. The first-order valence-corrected chi connectivity index (χ1v) is 11.6. The number of hydrogen-bond donors (Lipinski definition) is 1. The predicted molar refractivity (Wildman–Crippen MR) is 132 cm³/mol. The van der Waals surface area contributed by atoms with E-state index in [1.165, 1.54) is 16.0 Å². The summed E-state index contributed by atoms with van der Waals surface area (Å²) in [5.41, 5.74) is 5.43. The van der Waals surface area contributed by atoms with Crippen molar-refractivity contribution in [1.82, 2.24) is 0 Å². The zero-order valence-electron chi connectivity index (χ0n) is 19.4. The standard InChI is InChI=1S/C29H27NO4/c1-18-8-3-6-13-24(18)26-25(27(31)21-15-14-19-9-4-5-10-20(19)16-21)28(32)29(33)30(26)22-11-7-12-23(17-22)34-2/h3,6-8,11-17,26,31H,4-5,9-10H2,1-2H3/b27-25+. The Morgan fingerprint density at radius 3 is 2.47 bits per heavy atom. The Morgan fingerprint density at radius 1 is 0.941 bits per heavy atom. The maximum atomic E-state index is 13.4. The van der Waals surface area contributed by atoms with Gasteiger partial charge in [0, 0.05) is 17.3 Å². The molecule has 0 saturated carbocycles. The molecule has 0 bridgehead atoms. The molecule has 172 valence electrons. The molecular formula is C29H27NO4. The number of nitrogens with zero attached hydrogens (tertiary/aromatic N) is 1. The van der Waals surface area contributed by atoms with E-state index in [-0.39, 0.29) is 11.3 Å². The van der Waals surface area contributed by atoms with Gasteiger partial charge in [-0.2, -0.15) is 0 Å². The van der Waals surface area contributed by atoms with Gasteiger partial charge in [0.1, 0.15) is 11.5 Å². The van der Waals surface area contributed by atoms with Crippen LogP contribution in [0.3, 0.4) is 0 Å². The van der Waals surface area contributed by atoms with Crippen molar-refractivity contribution in [2.24, 2.45) is 0 Å². The highest BCUT2D eigenvalue weighted by molar-refractivity contribution is 6.51. The van der Waals surface area contributed by atoms with Gasteiger partial charge in [-0.1, -0.05) is 42.5 Å². The van der Waals surface area contributed by atoms with E-state index in [2.05, 4.69) is 0 Å². The topological polar surface area (TPSA) is 66.8 Å². The number of methoxy groups -OCH3 is 1. The van der Waals surface area contributed by atoms with Crippen LogP contribution < -0.4 is 9.64 Å². The normalized spacial score (nSPS) is 19.2. The molecule has 5 rings (SSSR count). The SMILES string of the molecule is COc1cccc(N2C(=O)C(=O)/C(=C(/O)c3ccc4c(c3)CCCC4)C2c2ccccc2C)c1. The highest BCUT2D eigenvalue weighted by Crippen LogP contribution is 2.43.